The molecule has 1 heterocycles. The lowest BCUT2D eigenvalue weighted by Crippen LogP contribution is -2.44. The Kier molecular flexibility index (Phi) is 8.22. The molecule has 0 bridgehead atoms. The highest BCUT2D eigenvalue weighted by Crippen LogP contribution is 2.17. The number of hydrogen-bond donors (Lipinski definition) is 2. The first-order valence-electron chi connectivity index (χ1n) is 9.59. The molecule has 1 aliphatic rings. The summed E-state index contributed by atoms with van der Waals surface area (Å²) in [6.45, 7) is 14.0. The highest BCUT2D eigenvalue weighted by atomic mass is 16.5. The Balaban J connectivity index is 2.03. The third-order valence-corrected chi connectivity index (χ3v) is 4.30. The summed E-state index contributed by atoms with van der Waals surface area (Å²) in [5.41, 5.74) is 2.65. The van der Waals surface area contributed by atoms with E-state index in [0.717, 1.165) is 45.1 Å². The fourth-order valence-corrected chi connectivity index (χ4v) is 3.27. The van der Waals surface area contributed by atoms with E-state index in [-0.39, 0.29) is 0 Å². The smallest absolute Gasteiger partial charge is 0.191 e. The Morgan fingerprint density at radius 2 is 1.80 bits per heavy atom. The number of nitrogens with zero attached hydrogens (tertiary/aromatic N) is 2. The molecule has 2 unspecified atom stereocenters. The van der Waals surface area contributed by atoms with Crippen molar-refractivity contribution in [1.29, 1.82) is 0 Å². The molecule has 0 aromatic heterocycles. The van der Waals surface area contributed by atoms with Crippen LogP contribution in [0, 0.1) is 0 Å². The van der Waals surface area contributed by atoms with Gasteiger partial charge in [-0.15, -0.1) is 0 Å². The van der Waals surface area contributed by atoms with E-state index in [2.05, 4.69) is 67.5 Å². The highest BCUT2D eigenvalue weighted by molar-refractivity contribution is 5.79. The molecular formula is C20H34N4O. The summed E-state index contributed by atoms with van der Waals surface area (Å²) in [7, 11) is 0. The van der Waals surface area contributed by atoms with E-state index in [0.29, 0.717) is 18.8 Å². The van der Waals surface area contributed by atoms with Gasteiger partial charge in [0.1, 0.15) is 0 Å². The van der Waals surface area contributed by atoms with Crippen molar-refractivity contribution in [2.45, 2.75) is 59.4 Å². The lowest BCUT2D eigenvalue weighted by atomic mass is 10.1. The summed E-state index contributed by atoms with van der Waals surface area (Å²) in [4.78, 5) is 7.24. The van der Waals surface area contributed by atoms with Crippen LogP contribution in [0.15, 0.2) is 29.3 Å². The van der Waals surface area contributed by atoms with Crippen molar-refractivity contribution in [2.75, 3.05) is 26.2 Å². The van der Waals surface area contributed by atoms with Crippen molar-refractivity contribution < 1.29 is 4.74 Å². The van der Waals surface area contributed by atoms with Gasteiger partial charge in [-0.3, -0.25) is 4.90 Å². The number of guanidine groups is 1. The van der Waals surface area contributed by atoms with Gasteiger partial charge in [0.2, 0.25) is 0 Å². The molecule has 2 rings (SSSR count). The normalized spacial score (nSPS) is 22.0. The average molecular weight is 347 g/mol. The summed E-state index contributed by atoms with van der Waals surface area (Å²) in [6.07, 6.45) is 1.69. The third-order valence-electron chi connectivity index (χ3n) is 4.30. The molecule has 140 valence electrons. The molecule has 5 nitrogen and oxygen atoms in total. The topological polar surface area (TPSA) is 48.9 Å². The first-order valence-corrected chi connectivity index (χ1v) is 9.59. The molecule has 2 atom stereocenters. The molecule has 0 aliphatic carbocycles. The van der Waals surface area contributed by atoms with Crippen molar-refractivity contribution in [3.63, 3.8) is 0 Å². The summed E-state index contributed by atoms with van der Waals surface area (Å²) in [5.74, 6) is 0.896. The van der Waals surface area contributed by atoms with Crippen LogP contribution in [0.25, 0.3) is 0 Å². The Hall–Kier alpha value is -1.59. The number of ether oxygens (including phenoxy) is 1. The molecule has 0 saturated carbocycles. The molecule has 1 saturated heterocycles. The van der Waals surface area contributed by atoms with E-state index >= 15 is 0 Å². The molecule has 2 N–H and O–H groups in total. The van der Waals surface area contributed by atoms with Crippen molar-refractivity contribution >= 4 is 5.96 Å². The molecule has 0 amide bonds. The SMILES string of the molecule is CCCNC(=NCc1ccccc1CN1CC(C)OC(C)C1)NCC. The fraction of sp³-hybridized carbons (Fsp3) is 0.650. The van der Waals surface area contributed by atoms with Gasteiger partial charge in [0.05, 0.1) is 18.8 Å². The molecule has 0 spiro atoms. The lowest BCUT2D eigenvalue weighted by Gasteiger charge is -2.35. The van der Waals surface area contributed by atoms with E-state index in [9.17, 15) is 0 Å². The maximum Gasteiger partial charge on any atom is 0.191 e. The van der Waals surface area contributed by atoms with Crippen LogP contribution < -0.4 is 10.6 Å². The predicted molar refractivity (Wildman–Crippen MR) is 105 cm³/mol. The van der Waals surface area contributed by atoms with Gasteiger partial charge in [-0.05, 0) is 38.3 Å². The largest absolute Gasteiger partial charge is 0.373 e. The molecule has 5 heteroatoms. The summed E-state index contributed by atoms with van der Waals surface area (Å²) >= 11 is 0. The third kappa shape index (κ3) is 6.67. The van der Waals surface area contributed by atoms with Crippen LogP contribution in [-0.4, -0.2) is 49.2 Å². The second-order valence-electron chi connectivity index (χ2n) is 6.84. The van der Waals surface area contributed by atoms with Crippen LogP contribution >= 0.6 is 0 Å². The van der Waals surface area contributed by atoms with Gasteiger partial charge in [-0.1, -0.05) is 31.2 Å². The first-order chi connectivity index (χ1) is 12.1. The van der Waals surface area contributed by atoms with E-state index in [1.807, 2.05) is 0 Å². The summed E-state index contributed by atoms with van der Waals surface area (Å²) in [6, 6.07) is 8.64. The first kappa shape index (κ1) is 19.7. The Morgan fingerprint density at radius 3 is 2.44 bits per heavy atom. The van der Waals surface area contributed by atoms with Gasteiger partial charge < -0.3 is 15.4 Å². The van der Waals surface area contributed by atoms with E-state index in [1.165, 1.54) is 11.1 Å². The zero-order valence-electron chi connectivity index (χ0n) is 16.2. The van der Waals surface area contributed by atoms with E-state index in [1.54, 1.807) is 0 Å². The molecule has 1 aromatic rings. The van der Waals surface area contributed by atoms with Gasteiger partial charge in [0.15, 0.2) is 5.96 Å². The quantitative estimate of drug-likeness (QED) is 0.589. The Bertz CT molecular complexity index is 536. The molecular weight excluding hydrogens is 312 g/mol. The van der Waals surface area contributed by atoms with Crippen molar-refractivity contribution in [2.24, 2.45) is 4.99 Å². The number of hydrogen-bond acceptors (Lipinski definition) is 3. The van der Waals surface area contributed by atoms with Gasteiger partial charge in [0, 0.05) is 32.7 Å². The van der Waals surface area contributed by atoms with Crippen LogP contribution in [0.2, 0.25) is 0 Å². The Labute approximate surface area is 152 Å². The Morgan fingerprint density at radius 1 is 1.12 bits per heavy atom. The highest BCUT2D eigenvalue weighted by Gasteiger charge is 2.22. The minimum Gasteiger partial charge on any atom is -0.373 e. The lowest BCUT2D eigenvalue weighted by molar-refractivity contribution is -0.0705. The van der Waals surface area contributed by atoms with Crippen LogP contribution in [0.3, 0.4) is 0 Å². The second-order valence-corrected chi connectivity index (χ2v) is 6.84. The zero-order chi connectivity index (χ0) is 18.1. The van der Waals surface area contributed by atoms with Crippen molar-refractivity contribution in [3.05, 3.63) is 35.4 Å². The maximum atomic E-state index is 5.85. The van der Waals surface area contributed by atoms with Gasteiger partial charge >= 0.3 is 0 Å². The van der Waals surface area contributed by atoms with Crippen LogP contribution in [0.5, 0.6) is 0 Å². The number of benzene rings is 1. The minimum absolute atomic E-state index is 0.299. The van der Waals surface area contributed by atoms with Crippen LogP contribution in [0.4, 0.5) is 0 Å². The molecule has 1 aliphatic heterocycles. The van der Waals surface area contributed by atoms with E-state index < -0.39 is 0 Å². The summed E-state index contributed by atoms with van der Waals surface area (Å²) in [5, 5.41) is 6.68. The second kappa shape index (κ2) is 10.4. The monoisotopic (exact) mass is 346 g/mol. The molecule has 1 fully saturated rings. The summed E-state index contributed by atoms with van der Waals surface area (Å²) < 4.78 is 5.85. The zero-order valence-corrected chi connectivity index (χ0v) is 16.2. The fourth-order valence-electron chi connectivity index (χ4n) is 3.27. The number of morpholine rings is 1. The minimum atomic E-state index is 0.299. The molecule has 0 radical (unpaired) electrons. The number of nitrogens with one attached hydrogen (secondary N) is 2. The van der Waals surface area contributed by atoms with Crippen LogP contribution in [0.1, 0.15) is 45.2 Å². The van der Waals surface area contributed by atoms with Crippen LogP contribution in [-0.2, 0) is 17.8 Å². The predicted octanol–water partition coefficient (Wildman–Crippen LogP) is 2.76. The number of aliphatic imine (C=N–C) groups is 1. The van der Waals surface area contributed by atoms with Gasteiger partial charge in [-0.2, -0.15) is 0 Å². The van der Waals surface area contributed by atoms with Gasteiger partial charge in [0.25, 0.3) is 0 Å². The standard InChI is InChI=1S/C20H34N4O/c1-5-11-22-20(21-6-2)23-12-18-9-7-8-10-19(18)15-24-13-16(3)25-17(4)14-24/h7-10,16-17H,5-6,11-15H2,1-4H3,(H2,21,22,23). The van der Waals surface area contributed by atoms with Gasteiger partial charge in [-0.25, -0.2) is 4.99 Å². The van der Waals surface area contributed by atoms with Crippen molar-refractivity contribution in [3.8, 4) is 0 Å². The molecule has 1 aromatic carbocycles. The maximum absolute atomic E-state index is 5.85. The number of rotatable bonds is 7. The van der Waals surface area contributed by atoms with E-state index in [4.69, 9.17) is 9.73 Å². The molecule has 25 heavy (non-hydrogen) atoms. The van der Waals surface area contributed by atoms with Crippen molar-refractivity contribution in [1.82, 2.24) is 15.5 Å². The average Bonchev–Trinajstić information content (AvgIpc) is 2.57.